The molecule has 0 saturated carbocycles. The van der Waals surface area contributed by atoms with Crippen molar-refractivity contribution in [2.24, 2.45) is 0 Å². The number of halogens is 1. The number of ether oxygens (including phenoxy) is 2. The third-order valence-electron chi connectivity index (χ3n) is 2.57. The largest absolute Gasteiger partial charge is 0.456 e. The van der Waals surface area contributed by atoms with Crippen molar-refractivity contribution < 1.29 is 14.3 Å². The Labute approximate surface area is 162 Å². The molecule has 0 bridgehead atoms. The van der Waals surface area contributed by atoms with E-state index in [2.05, 4.69) is 32.9 Å². The van der Waals surface area contributed by atoms with E-state index in [0.717, 1.165) is 3.57 Å². The fourth-order valence-corrected chi connectivity index (χ4v) is 2.07. The SMILES string of the molecule is CC.CC(C)(C)OC(=O)Nc1ccc(Oc2cc(N)ncc2I)cc1. The van der Waals surface area contributed by atoms with Gasteiger partial charge >= 0.3 is 6.09 Å². The summed E-state index contributed by atoms with van der Waals surface area (Å²) in [5, 5.41) is 2.66. The molecule has 0 radical (unpaired) electrons. The summed E-state index contributed by atoms with van der Waals surface area (Å²) in [6, 6.07) is 8.63. The van der Waals surface area contributed by atoms with E-state index in [1.165, 1.54) is 0 Å². The number of pyridine rings is 1. The number of carbonyl (C=O) groups excluding carboxylic acids is 1. The zero-order valence-electron chi connectivity index (χ0n) is 15.1. The maximum atomic E-state index is 11.7. The predicted octanol–water partition coefficient (Wildman–Crippen LogP) is 5.43. The quantitative estimate of drug-likeness (QED) is 0.600. The molecule has 0 atom stereocenters. The third-order valence-corrected chi connectivity index (χ3v) is 3.38. The lowest BCUT2D eigenvalue weighted by Gasteiger charge is -2.19. The van der Waals surface area contributed by atoms with Crippen LogP contribution >= 0.6 is 22.6 Å². The van der Waals surface area contributed by atoms with Crippen molar-refractivity contribution in [3.8, 4) is 11.5 Å². The maximum absolute atomic E-state index is 11.7. The molecule has 0 fully saturated rings. The first kappa shape index (κ1) is 21.0. The van der Waals surface area contributed by atoms with Crippen LogP contribution in [0.2, 0.25) is 0 Å². The number of nitrogens with two attached hydrogens (primary N) is 1. The fraction of sp³-hybridized carbons (Fsp3) is 0.333. The Kier molecular flexibility index (Phi) is 7.95. The van der Waals surface area contributed by atoms with Crippen molar-refractivity contribution in [3.05, 3.63) is 40.1 Å². The van der Waals surface area contributed by atoms with Crippen LogP contribution in [0.25, 0.3) is 0 Å². The molecule has 25 heavy (non-hydrogen) atoms. The number of amides is 1. The van der Waals surface area contributed by atoms with E-state index in [1.807, 2.05) is 34.6 Å². The van der Waals surface area contributed by atoms with Crippen molar-refractivity contribution in [3.63, 3.8) is 0 Å². The average molecular weight is 457 g/mol. The zero-order valence-corrected chi connectivity index (χ0v) is 17.2. The van der Waals surface area contributed by atoms with Gasteiger partial charge in [0.1, 0.15) is 22.9 Å². The smallest absolute Gasteiger partial charge is 0.412 e. The minimum atomic E-state index is -0.537. The van der Waals surface area contributed by atoms with E-state index in [0.29, 0.717) is 23.0 Å². The highest BCUT2D eigenvalue weighted by Gasteiger charge is 2.16. The summed E-state index contributed by atoms with van der Waals surface area (Å²) in [6.45, 7) is 9.43. The van der Waals surface area contributed by atoms with Gasteiger partial charge in [0.2, 0.25) is 0 Å². The van der Waals surface area contributed by atoms with Crippen LogP contribution in [0.3, 0.4) is 0 Å². The number of rotatable bonds is 3. The Morgan fingerprint density at radius 1 is 1.20 bits per heavy atom. The molecule has 1 aromatic heterocycles. The highest BCUT2D eigenvalue weighted by atomic mass is 127. The maximum Gasteiger partial charge on any atom is 0.412 e. The second-order valence-electron chi connectivity index (χ2n) is 5.79. The van der Waals surface area contributed by atoms with Gasteiger partial charge in [-0.15, -0.1) is 0 Å². The molecule has 0 aliphatic rings. The molecule has 1 aromatic carbocycles. The van der Waals surface area contributed by atoms with Gasteiger partial charge in [-0.1, -0.05) is 13.8 Å². The Balaban J connectivity index is 0.00000151. The number of hydrogen-bond acceptors (Lipinski definition) is 5. The molecule has 0 spiro atoms. The fourth-order valence-electron chi connectivity index (χ4n) is 1.67. The molecule has 0 aliphatic carbocycles. The third kappa shape index (κ3) is 7.59. The normalized spacial score (nSPS) is 10.3. The van der Waals surface area contributed by atoms with E-state index >= 15 is 0 Å². The van der Waals surface area contributed by atoms with Crippen molar-refractivity contribution >= 4 is 40.2 Å². The van der Waals surface area contributed by atoms with E-state index in [9.17, 15) is 4.79 Å². The first-order chi connectivity index (χ1) is 11.7. The zero-order chi connectivity index (χ0) is 19.0. The lowest BCUT2D eigenvalue weighted by Crippen LogP contribution is -2.27. The van der Waals surface area contributed by atoms with Crippen molar-refractivity contribution in [2.75, 3.05) is 11.1 Å². The number of anilines is 2. The Morgan fingerprint density at radius 3 is 2.36 bits per heavy atom. The Hall–Kier alpha value is -2.03. The topological polar surface area (TPSA) is 86.5 Å². The lowest BCUT2D eigenvalue weighted by atomic mass is 10.2. The standard InChI is InChI=1S/C16H18IN3O3.C2H6/c1-16(2,3)23-15(21)20-10-4-6-11(7-5-10)22-13-8-14(18)19-9-12(13)17;1-2/h4-9H,1-3H3,(H2,18,19)(H,20,21);1-2H3. The number of aromatic nitrogens is 1. The summed E-state index contributed by atoms with van der Waals surface area (Å²) < 4.78 is 11.8. The number of nitrogen functional groups attached to an aromatic ring is 1. The number of benzene rings is 1. The predicted molar refractivity (Wildman–Crippen MR) is 109 cm³/mol. The van der Waals surface area contributed by atoms with E-state index in [4.69, 9.17) is 15.2 Å². The second-order valence-corrected chi connectivity index (χ2v) is 6.96. The van der Waals surface area contributed by atoms with Gasteiger partial charge in [-0.05, 0) is 67.6 Å². The van der Waals surface area contributed by atoms with Crippen molar-refractivity contribution in [1.82, 2.24) is 4.98 Å². The molecular formula is C18H24IN3O3. The summed E-state index contributed by atoms with van der Waals surface area (Å²) in [4.78, 5) is 15.7. The first-order valence-electron chi connectivity index (χ1n) is 7.92. The minimum Gasteiger partial charge on any atom is -0.456 e. The van der Waals surface area contributed by atoms with Crippen LogP contribution in [0.5, 0.6) is 11.5 Å². The molecule has 1 amide bonds. The second kappa shape index (κ2) is 9.45. The van der Waals surface area contributed by atoms with Crippen LogP contribution in [-0.2, 0) is 4.74 Å². The van der Waals surface area contributed by atoms with Crippen LogP contribution in [0.1, 0.15) is 34.6 Å². The highest BCUT2D eigenvalue weighted by Crippen LogP contribution is 2.28. The van der Waals surface area contributed by atoms with Gasteiger partial charge < -0.3 is 15.2 Å². The minimum absolute atomic E-state index is 0.392. The molecule has 0 unspecified atom stereocenters. The monoisotopic (exact) mass is 457 g/mol. The molecule has 2 rings (SSSR count). The number of nitrogens with zero attached hydrogens (tertiary/aromatic N) is 1. The molecule has 7 heteroatoms. The molecule has 2 aromatic rings. The number of carbonyl (C=O) groups is 1. The molecule has 0 saturated heterocycles. The van der Waals surface area contributed by atoms with Crippen LogP contribution in [-0.4, -0.2) is 16.7 Å². The Morgan fingerprint density at radius 2 is 1.80 bits per heavy atom. The van der Waals surface area contributed by atoms with Crippen LogP contribution in [0, 0.1) is 3.57 Å². The average Bonchev–Trinajstić information content (AvgIpc) is 2.53. The molecule has 6 nitrogen and oxygen atoms in total. The van der Waals surface area contributed by atoms with Gasteiger partial charge in [0.25, 0.3) is 0 Å². The van der Waals surface area contributed by atoms with Gasteiger partial charge in [-0.25, -0.2) is 9.78 Å². The van der Waals surface area contributed by atoms with Gasteiger partial charge in [-0.2, -0.15) is 0 Å². The number of nitrogens with one attached hydrogen (secondary N) is 1. The van der Waals surface area contributed by atoms with Crippen molar-refractivity contribution in [1.29, 1.82) is 0 Å². The van der Waals surface area contributed by atoms with Gasteiger partial charge in [0.15, 0.2) is 0 Å². The lowest BCUT2D eigenvalue weighted by molar-refractivity contribution is 0.0636. The Bertz CT molecular complexity index is 698. The molecule has 1 heterocycles. The summed E-state index contributed by atoms with van der Waals surface area (Å²) in [5.41, 5.74) is 5.74. The van der Waals surface area contributed by atoms with Gasteiger partial charge in [0, 0.05) is 18.0 Å². The van der Waals surface area contributed by atoms with Gasteiger partial charge in [0.05, 0.1) is 3.57 Å². The van der Waals surface area contributed by atoms with E-state index in [1.54, 1.807) is 36.5 Å². The summed E-state index contributed by atoms with van der Waals surface area (Å²) in [7, 11) is 0. The van der Waals surface area contributed by atoms with Gasteiger partial charge in [-0.3, -0.25) is 5.32 Å². The van der Waals surface area contributed by atoms with Crippen molar-refractivity contribution in [2.45, 2.75) is 40.2 Å². The molecule has 0 aliphatic heterocycles. The summed E-state index contributed by atoms with van der Waals surface area (Å²) >= 11 is 2.12. The summed E-state index contributed by atoms with van der Waals surface area (Å²) in [5.74, 6) is 1.65. The van der Waals surface area contributed by atoms with E-state index < -0.39 is 11.7 Å². The van der Waals surface area contributed by atoms with Crippen LogP contribution in [0.15, 0.2) is 36.5 Å². The first-order valence-corrected chi connectivity index (χ1v) is 9.00. The highest BCUT2D eigenvalue weighted by molar-refractivity contribution is 14.1. The number of hydrogen-bond donors (Lipinski definition) is 2. The molecule has 136 valence electrons. The molecule has 3 N–H and O–H groups in total. The van der Waals surface area contributed by atoms with Crippen LogP contribution < -0.4 is 15.8 Å². The molecular weight excluding hydrogens is 433 g/mol. The van der Waals surface area contributed by atoms with Crippen LogP contribution in [0.4, 0.5) is 16.3 Å². The summed E-state index contributed by atoms with van der Waals surface area (Å²) in [6.07, 6.45) is 1.14. The van der Waals surface area contributed by atoms with E-state index in [-0.39, 0.29) is 0 Å².